The van der Waals surface area contributed by atoms with E-state index >= 15 is 0 Å². The number of nitrogens with two attached hydrogens (primary N) is 1. The number of primary amides is 1. The normalized spacial score (nSPS) is 10.5. The number of nitrogens with one attached hydrogen (secondary N) is 1. The van der Waals surface area contributed by atoms with Crippen molar-refractivity contribution in [2.24, 2.45) is 5.73 Å². The van der Waals surface area contributed by atoms with Crippen molar-refractivity contribution in [1.29, 1.82) is 0 Å². The van der Waals surface area contributed by atoms with E-state index in [1.54, 1.807) is 47.0 Å². The van der Waals surface area contributed by atoms with Crippen LogP contribution >= 0.6 is 11.8 Å². The van der Waals surface area contributed by atoms with E-state index in [-0.39, 0.29) is 23.0 Å². The molecule has 0 aliphatic rings. The predicted octanol–water partition coefficient (Wildman–Crippen LogP) is 3.10. The first-order chi connectivity index (χ1) is 14.0. The summed E-state index contributed by atoms with van der Waals surface area (Å²) in [5, 5.41) is 11.5. The lowest BCUT2D eigenvalue weighted by Crippen LogP contribution is -2.19. The molecule has 0 aliphatic carbocycles. The molecule has 0 saturated carbocycles. The van der Waals surface area contributed by atoms with E-state index in [9.17, 15) is 14.0 Å². The average molecular weight is 411 g/mol. The van der Waals surface area contributed by atoms with Crippen molar-refractivity contribution in [2.45, 2.75) is 11.7 Å². The molecule has 3 rings (SSSR count). The molecular weight excluding hydrogens is 393 g/mol. The van der Waals surface area contributed by atoms with Gasteiger partial charge in [0.05, 0.1) is 17.0 Å². The maximum atomic E-state index is 13.2. The molecule has 0 radical (unpaired) electrons. The molecule has 3 aromatic rings. The van der Waals surface area contributed by atoms with Crippen LogP contribution in [0, 0.1) is 5.82 Å². The molecule has 0 spiro atoms. The topological polar surface area (TPSA) is 103 Å². The molecule has 0 atom stereocenters. The van der Waals surface area contributed by atoms with Gasteiger partial charge in [-0.05, 0) is 36.4 Å². The zero-order chi connectivity index (χ0) is 20.8. The Morgan fingerprint density at radius 3 is 2.59 bits per heavy atom. The third-order valence-electron chi connectivity index (χ3n) is 3.93. The second kappa shape index (κ2) is 9.16. The van der Waals surface area contributed by atoms with Gasteiger partial charge in [0.1, 0.15) is 5.82 Å². The third kappa shape index (κ3) is 4.88. The fourth-order valence-corrected chi connectivity index (χ4v) is 3.37. The number of amides is 2. The minimum atomic E-state index is -0.622. The molecule has 0 unspecified atom stereocenters. The second-order valence-electron chi connectivity index (χ2n) is 5.96. The highest BCUT2D eigenvalue weighted by molar-refractivity contribution is 7.99. The molecule has 0 aliphatic heterocycles. The molecule has 2 amide bonds. The number of carbonyl (C=O) groups is 2. The lowest BCUT2D eigenvalue weighted by molar-refractivity contribution is -0.113. The SMILES string of the molecule is C=CCn1c(SCC(=O)Nc2ccccc2C(N)=O)nnc1-c1ccc(F)cc1. The number of rotatable bonds is 8. The molecule has 29 heavy (non-hydrogen) atoms. The minimum absolute atomic E-state index is 0.0474. The Morgan fingerprint density at radius 1 is 1.17 bits per heavy atom. The van der Waals surface area contributed by atoms with Gasteiger partial charge < -0.3 is 11.1 Å². The van der Waals surface area contributed by atoms with E-state index in [0.717, 1.165) is 0 Å². The number of hydrogen-bond acceptors (Lipinski definition) is 5. The summed E-state index contributed by atoms with van der Waals surface area (Å²) in [5.74, 6) is -0.687. The van der Waals surface area contributed by atoms with Gasteiger partial charge in [-0.3, -0.25) is 14.2 Å². The number of para-hydroxylation sites is 1. The molecule has 3 N–H and O–H groups in total. The highest BCUT2D eigenvalue weighted by Crippen LogP contribution is 2.25. The van der Waals surface area contributed by atoms with Crippen LogP contribution in [-0.4, -0.2) is 32.3 Å². The van der Waals surface area contributed by atoms with Crippen LogP contribution in [0.4, 0.5) is 10.1 Å². The Balaban J connectivity index is 1.74. The van der Waals surface area contributed by atoms with Crippen LogP contribution in [0.15, 0.2) is 66.3 Å². The summed E-state index contributed by atoms with van der Waals surface area (Å²) < 4.78 is 15.0. The van der Waals surface area contributed by atoms with Gasteiger partial charge in [0.25, 0.3) is 5.91 Å². The van der Waals surface area contributed by atoms with Crippen LogP contribution in [0.1, 0.15) is 10.4 Å². The highest BCUT2D eigenvalue weighted by atomic mass is 32.2. The summed E-state index contributed by atoms with van der Waals surface area (Å²) in [7, 11) is 0. The third-order valence-corrected chi connectivity index (χ3v) is 4.90. The van der Waals surface area contributed by atoms with Gasteiger partial charge in [0.2, 0.25) is 5.91 Å². The summed E-state index contributed by atoms with van der Waals surface area (Å²) in [4.78, 5) is 23.8. The van der Waals surface area contributed by atoms with Gasteiger partial charge >= 0.3 is 0 Å². The lowest BCUT2D eigenvalue weighted by atomic mass is 10.1. The number of thioether (sulfide) groups is 1. The number of allylic oxidation sites excluding steroid dienone is 1. The molecule has 1 heterocycles. The Labute approximate surface area is 170 Å². The molecule has 1 aromatic heterocycles. The second-order valence-corrected chi connectivity index (χ2v) is 6.90. The molecule has 0 bridgehead atoms. The van der Waals surface area contributed by atoms with Crippen LogP contribution in [0.2, 0.25) is 0 Å². The quantitative estimate of drug-likeness (QED) is 0.438. The molecule has 0 fully saturated rings. The van der Waals surface area contributed by atoms with E-state index in [1.807, 2.05) is 0 Å². The van der Waals surface area contributed by atoms with Crippen molar-refractivity contribution in [3.05, 3.63) is 72.6 Å². The average Bonchev–Trinajstić information content (AvgIpc) is 3.10. The van der Waals surface area contributed by atoms with Gasteiger partial charge in [0, 0.05) is 12.1 Å². The fraction of sp³-hybridized carbons (Fsp3) is 0.100. The van der Waals surface area contributed by atoms with Gasteiger partial charge in [-0.2, -0.15) is 0 Å². The molecular formula is C20H18FN5O2S. The van der Waals surface area contributed by atoms with Crippen LogP contribution < -0.4 is 11.1 Å². The summed E-state index contributed by atoms with van der Waals surface area (Å²) in [6.45, 7) is 4.16. The van der Waals surface area contributed by atoms with E-state index in [0.29, 0.717) is 28.8 Å². The molecule has 9 heteroatoms. The van der Waals surface area contributed by atoms with Crippen LogP contribution in [-0.2, 0) is 11.3 Å². The monoisotopic (exact) mass is 411 g/mol. The Kier molecular flexibility index (Phi) is 6.40. The van der Waals surface area contributed by atoms with Crippen LogP contribution in [0.3, 0.4) is 0 Å². The maximum absolute atomic E-state index is 13.2. The zero-order valence-corrected chi connectivity index (χ0v) is 16.2. The van der Waals surface area contributed by atoms with E-state index in [4.69, 9.17) is 5.73 Å². The van der Waals surface area contributed by atoms with Crippen molar-refractivity contribution in [3.8, 4) is 11.4 Å². The van der Waals surface area contributed by atoms with Gasteiger partial charge in [-0.1, -0.05) is 30.0 Å². The summed E-state index contributed by atoms with van der Waals surface area (Å²) >= 11 is 1.19. The Morgan fingerprint density at radius 2 is 1.90 bits per heavy atom. The van der Waals surface area contributed by atoms with Crippen molar-refractivity contribution < 1.29 is 14.0 Å². The number of halogens is 1. The smallest absolute Gasteiger partial charge is 0.250 e. The first kappa shape index (κ1) is 20.3. The number of benzene rings is 2. The minimum Gasteiger partial charge on any atom is -0.366 e. The highest BCUT2D eigenvalue weighted by Gasteiger charge is 2.16. The van der Waals surface area contributed by atoms with E-state index in [1.165, 1.54) is 23.9 Å². The number of aromatic nitrogens is 3. The largest absolute Gasteiger partial charge is 0.366 e. The summed E-state index contributed by atoms with van der Waals surface area (Å²) in [5.41, 5.74) is 6.61. The molecule has 7 nitrogen and oxygen atoms in total. The van der Waals surface area contributed by atoms with Gasteiger partial charge in [-0.15, -0.1) is 16.8 Å². The van der Waals surface area contributed by atoms with Crippen LogP contribution in [0.5, 0.6) is 0 Å². The maximum Gasteiger partial charge on any atom is 0.250 e. The number of hydrogen-bond donors (Lipinski definition) is 2. The van der Waals surface area contributed by atoms with Crippen molar-refractivity contribution in [2.75, 3.05) is 11.1 Å². The van der Waals surface area contributed by atoms with Crippen molar-refractivity contribution >= 4 is 29.3 Å². The molecule has 2 aromatic carbocycles. The van der Waals surface area contributed by atoms with Gasteiger partial charge in [-0.25, -0.2) is 4.39 Å². The van der Waals surface area contributed by atoms with Gasteiger partial charge in [0.15, 0.2) is 11.0 Å². The number of anilines is 1. The Bertz CT molecular complexity index is 1050. The summed E-state index contributed by atoms with van der Waals surface area (Å²) in [6, 6.07) is 12.4. The zero-order valence-electron chi connectivity index (χ0n) is 15.3. The Hall–Kier alpha value is -3.46. The van der Waals surface area contributed by atoms with E-state index < -0.39 is 5.91 Å². The molecule has 0 saturated heterocycles. The number of nitrogens with zero attached hydrogens (tertiary/aromatic N) is 3. The molecule has 148 valence electrons. The van der Waals surface area contributed by atoms with Crippen LogP contribution in [0.25, 0.3) is 11.4 Å². The first-order valence-corrected chi connectivity index (χ1v) is 9.59. The summed E-state index contributed by atoms with van der Waals surface area (Å²) in [6.07, 6.45) is 1.68. The first-order valence-electron chi connectivity index (χ1n) is 8.61. The number of carbonyl (C=O) groups excluding carboxylic acids is 2. The predicted molar refractivity (Wildman–Crippen MR) is 110 cm³/mol. The lowest BCUT2D eigenvalue weighted by Gasteiger charge is -2.09. The van der Waals surface area contributed by atoms with Crippen molar-refractivity contribution in [1.82, 2.24) is 14.8 Å². The standard InChI is InChI=1S/C20H18FN5O2S/c1-2-11-26-19(13-7-9-14(21)10-8-13)24-25-20(26)29-12-17(27)23-16-6-4-3-5-15(16)18(22)28/h2-10H,1,11-12H2,(H2,22,28)(H,23,27). The van der Waals surface area contributed by atoms with E-state index in [2.05, 4.69) is 22.1 Å². The van der Waals surface area contributed by atoms with Crippen molar-refractivity contribution in [3.63, 3.8) is 0 Å². The fourth-order valence-electron chi connectivity index (χ4n) is 2.63.